The van der Waals surface area contributed by atoms with Crippen LogP contribution in [0.5, 0.6) is 0 Å². The van der Waals surface area contributed by atoms with Gasteiger partial charge in [-0.1, -0.05) is 0 Å². The fourth-order valence-corrected chi connectivity index (χ4v) is 1.03. The van der Waals surface area contributed by atoms with Gasteiger partial charge in [-0.05, 0) is 0 Å². The van der Waals surface area contributed by atoms with Gasteiger partial charge in [0.25, 0.3) is 5.56 Å². The van der Waals surface area contributed by atoms with Crippen LogP contribution in [0.25, 0.3) is 0 Å². The lowest BCUT2D eigenvalue weighted by Crippen LogP contribution is -2.30. The van der Waals surface area contributed by atoms with Crippen LogP contribution in [0.2, 0.25) is 0 Å². The van der Waals surface area contributed by atoms with Crippen LogP contribution in [-0.2, 0) is 11.3 Å². The number of carbonyl (C=O) groups is 1. The second-order valence-corrected chi connectivity index (χ2v) is 2.83. The topological polar surface area (TPSA) is 104 Å². The van der Waals surface area contributed by atoms with Crippen molar-refractivity contribution in [3.8, 4) is 0 Å². The predicted molar refractivity (Wildman–Crippen MR) is 51.3 cm³/mol. The summed E-state index contributed by atoms with van der Waals surface area (Å²) in [6.07, 6.45) is 2.00. The maximum absolute atomic E-state index is 11.5. The van der Waals surface area contributed by atoms with E-state index < -0.39 is 18.3 Å². The lowest BCUT2D eigenvalue weighted by atomic mass is 10.4. The summed E-state index contributed by atoms with van der Waals surface area (Å²) in [5.74, 6) is -0.113. The second kappa shape index (κ2) is 5.23. The standard InChI is InChI=1S/C8H11N3O4/c12-4-6(14)3-11-2-1-9-7(8(11)15)10-5-13/h1-2,5-6,12,14H,3-4H2,(H,9,10,13). The molecule has 1 aromatic rings. The molecule has 7 heteroatoms. The van der Waals surface area contributed by atoms with Crippen molar-refractivity contribution >= 4 is 12.2 Å². The molecule has 1 rings (SSSR count). The summed E-state index contributed by atoms with van der Waals surface area (Å²) in [5, 5.41) is 19.9. The van der Waals surface area contributed by atoms with Crippen molar-refractivity contribution in [3.05, 3.63) is 22.7 Å². The molecule has 0 saturated carbocycles. The van der Waals surface area contributed by atoms with E-state index in [-0.39, 0.29) is 12.4 Å². The average Bonchev–Trinajstić information content (AvgIpc) is 2.24. The third-order valence-corrected chi connectivity index (χ3v) is 1.73. The van der Waals surface area contributed by atoms with Gasteiger partial charge in [0.1, 0.15) is 0 Å². The van der Waals surface area contributed by atoms with E-state index >= 15 is 0 Å². The SMILES string of the molecule is O=CNc1nccn(CC(O)CO)c1=O. The van der Waals surface area contributed by atoms with Crippen molar-refractivity contribution in [3.63, 3.8) is 0 Å². The third kappa shape index (κ3) is 2.86. The maximum atomic E-state index is 11.5. The van der Waals surface area contributed by atoms with Gasteiger partial charge in [-0.25, -0.2) is 4.98 Å². The van der Waals surface area contributed by atoms with Gasteiger partial charge in [-0.3, -0.25) is 9.59 Å². The summed E-state index contributed by atoms with van der Waals surface area (Å²) in [5.41, 5.74) is -0.530. The minimum atomic E-state index is -1.02. The molecule has 0 aliphatic heterocycles. The fraction of sp³-hybridized carbons (Fsp3) is 0.375. The Hall–Kier alpha value is -1.73. The summed E-state index contributed by atoms with van der Waals surface area (Å²) in [6.45, 7) is -0.489. The Kier molecular flexibility index (Phi) is 3.95. The minimum absolute atomic E-state index is 0.0502. The first-order valence-corrected chi connectivity index (χ1v) is 4.23. The molecule has 0 radical (unpaired) electrons. The first kappa shape index (κ1) is 11.3. The monoisotopic (exact) mass is 213 g/mol. The molecule has 1 heterocycles. The number of aliphatic hydroxyl groups excluding tert-OH is 2. The van der Waals surface area contributed by atoms with Crippen LogP contribution in [0.1, 0.15) is 0 Å². The van der Waals surface area contributed by atoms with E-state index in [0.29, 0.717) is 6.41 Å². The molecule has 0 aliphatic rings. The highest BCUT2D eigenvalue weighted by atomic mass is 16.3. The number of nitrogens with zero attached hydrogens (tertiary/aromatic N) is 2. The van der Waals surface area contributed by atoms with Crippen LogP contribution < -0.4 is 10.9 Å². The average molecular weight is 213 g/mol. The predicted octanol–water partition coefficient (Wildman–Crippen LogP) is -1.84. The molecule has 3 N–H and O–H groups in total. The van der Waals surface area contributed by atoms with E-state index in [4.69, 9.17) is 10.2 Å². The van der Waals surface area contributed by atoms with Crippen molar-refractivity contribution in [1.82, 2.24) is 9.55 Å². The van der Waals surface area contributed by atoms with Gasteiger partial charge in [0.15, 0.2) is 5.82 Å². The molecule has 0 saturated heterocycles. The number of aromatic nitrogens is 2. The quantitative estimate of drug-likeness (QED) is 0.499. The second-order valence-electron chi connectivity index (χ2n) is 2.83. The Morgan fingerprint density at radius 3 is 3.00 bits per heavy atom. The molecule has 0 bridgehead atoms. The Morgan fingerprint density at radius 2 is 2.40 bits per heavy atom. The van der Waals surface area contributed by atoms with Crippen LogP contribution in [0.3, 0.4) is 0 Å². The minimum Gasteiger partial charge on any atom is -0.394 e. The number of anilines is 1. The van der Waals surface area contributed by atoms with Crippen LogP contribution in [-0.4, -0.2) is 38.9 Å². The number of hydrogen-bond donors (Lipinski definition) is 3. The van der Waals surface area contributed by atoms with Gasteiger partial charge in [-0.2, -0.15) is 0 Å². The molecular formula is C8H11N3O4. The largest absolute Gasteiger partial charge is 0.394 e. The highest BCUT2D eigenvalue weighted by Crippen LogP contribution is 1.93. The first-order chi connectivity index (χ1) is 7.19. The zero-order valence-electron chi connectivity index (χ0n) is 7.83. The van der Waals surface area contributed by atoms with Gasteiger partial charge in [-0.15, -0.1) is 0 Å². The fourth-order valence-electron chi connectivity index (χ4n) is 1.03. The van der Waals surface area contributed by atoms with Gasteiger partial charge < -0.3 is 20.1 Å². The Morgan fingerprint density at radius 1 is 1.67 bits per heavy atom. The number of carbonyl (C=O) groups excluding carboxylic acids is 1. The molecule has 7 nitrogen and oxygen atoms in total. The zero-order valence-corrected chi connectivity index (χ0v) is 7.83. The van der Waals surface area contributed by atoms with Crippen LogP contribution in [0, 0.1) is 0 Å². The molecule has 1 aromatic heterocycles. The molecule has 0 spiro atoms. The van der Waals surface area contributed by atoms with E-state index in [1.807, 2.05) is 0 Å². The van der Waals surface area contributed by atoms with Gasteiger partial charge in [0.2, 0.25) is 6.41 Å². The molecule has 0 fully saturated rings. The van der Waals surface area contributed by atoms with Gasteiger partial charge >= 0.3 is 0 Å². The first-order valence-electron chi connectivity index (χ1n) is 4.23. The summed E-state index contributed by atoms with van der Waals surface area (Å²) in [7, 11) is 0. The van der Waals surface area contributed by atoms with Crippen molar-refractivity contribution in [2.75, 3.05) is 11.9 Å². The van der Waals surface area contributed by atoms with Crippen molar-refractivity contribution in [1.29, 1.82) is 0 Å². The molecule has 15 heavy (non-hydrogen) atoms. The number of hydrogen-bond acceptors (Lipinski definition) is 5. The van der Waals surface area contributed by atoms with Crippen LogP contribution in [0.15, 0.2) is 17.2 Å². The number of amides is 1. The van der Waals surface area contributed by atoms with Gasteiger partial charge in [0, 0.05) is 12.4 Å². The normalized spacial score (nSPS) is 12.1. The Bertz CT molecular complexity index is 390. The number of nitrogens with one attached hydrogen (secondary N) is 1. The molecule has 82 valence electrons. The molecule has 1 atom stereocenters. The van der Waals surface area contributed by atoms with Gasteiger partial charge in [0.05, 0.1) is 19.3 Å². The van der Waals surface area contributed by atoms with E-state index in [0.717, 1.165) is 4.57 Å². The van der Waals surface area contributed by atoms with E-state index in [1.54, 1.807) is 0 Å². The molecule has 0 aliphatic carbocycles. The van der Waals surface area contributed by atoms with Crippen molar-refractivity contribution in [2.24, 2.45) is 0 Å². The Balaban J connectivity index is 2.94. The smallest absolute Gasteiger partial charge is 0.293 e. The zero-order chi connectivity index (χ0) is 11.3. The summed E-state index contributed by atoms with van der Waals surface area (Å²) < 4.78 is 1.15. The lowest BCUT2D eigenvalue weighted by molar-refractivity contribution is -0.105. The third-order valence-electron chi connectivity index (χ3n) is 1.73. The number of rotatable bonds is 5. The summed E-state index contributed by atoms with van der Waals surface area (Å²) in [6, 6.07) is 0. The highest BCUT2D eigenvalue weighted by molar-refractivity contribution is 5.67. The van der Waals surface area contributed by atoms with Crippen LogP contribution >= 0.6 is 0 Å². The maximum Gasteiger partial charge on any atom is 0.293 e. The van der Waals surface area contributed by atoms with Crippen molar-refractivity contribution in [2.45, 2.75) is 12.6 Å². The molecular weight excluding hydrogens is 202 g/mol. The Labute approximate surface area is 85.0 Å². The van der Waals surface area contributed by atoms with E-state index in [2.05, 4.69) is 10.3 Å². The van der Waals surface area contributed by atoms with E-state index in [1.165, 1.54) is 12.4 Å². The summed E-state index contributed by atoms with van der Waals surface area (Å²) in [4.78, 5) is 25.3. The molecule has 1 unspecified atom stereocenters. The van der Waals surface area contributed by atoms with Crippen molar-refractivity contribution < 1.29 is 15.0 Å². The van der Waals surface area contributed by atoms with E-state index in [9.17, 15) is 9.59 Å². The number of aliphatic hydroxyl groups is 2. The highest BCUT2D eigenvalue weighted by Gasteiger charge is 2.07. The lowest BCUT2D eigenvalue weighted by Gasteiger charge is -2.10. The van der Waals surface area contributed by atoms with Crippen LogP contribution in [0.4, 0.5) is 5.82 Å². The summed E-state index contributed by atoms with van der Waals surface area (Å²) >= 11 is 0. The molecule has 0 aromatic carbocycles. The molecule has 1 amide bonds.